The number of anilines is 4. The molecule has 1 aliphatic rings. The molecule has 1 heterocycles. The van der Waals surface area contributed by atoms with Crippen molar-refractivity contribution in [1.29, 1.82) is 0 Å². The van der Waals surface area contributed by atoms with Crippen LogP contribution in [0.1, 0.15) is 24.0 Å². The van der Waals surface area contributed by atoms with Crippen molar-refractivity contribution < 1.29 is 19.2 Å². The molecule has 0 bridgehead atoms. The summed E-state index contributed by atoms with van der Waals surface area (Å²) < 4.78 is 0. The second-order valence-electron chi connectivity index (χ2n) is 9.52. The molecule has 0 unspecified atom stereocenters. The number of carbonyl (C=O) groups excluding carboxylic acids is 4. The van der Waals surface area contributed by atoms with Crippen molar-refractivity contribution in [3.05, 3.63) is 120 Å². The first-order valence-corrected chi connectivity index (χ1v) is 14.1. The van der Waals surface area contributed by atoms with Crippen LogP contribution >= 0.6 is 11.8 Å². The minimum Gasteiger partial charge on any atom is -0.354 e. The Bertz CT molecular complexity index is 1570. The van der Waals surface area contributed by atoms with E-state index in [4.69, 9.17) is 0 Å². The van der Waals surface area contributed by atoms with E-state index in [0.29, 0.717) is 11.4 Å². The second-order valence-corrected chi connectivity index (χ2v) is 10.6. The molecule has 208 valence electrons. The molecule has 0 aromatic heterocycles. The third-order valence-electron chi connectivity index (χ3n) is 6.21. The predicted octanol–water partition coefficient (Wildman–Crippen LogP) is 7.12. The summed E-state index contributed by atoms with van der Waals surface area (Å²) in [6.45, 7) is 0. The van der Waals surface area contributed by atoms with E-state index in [0.717, 1.165) is 32.3 Å². The average Bonchev–Trinajstić information content (AvgIpc) is 2.99. The smallest absolute Gasteiger partial charge is 0.232 e. The molecular formula is C34H27N3O4S. The molecule has 8 heteroatoms. The van der Waals surface area contributed by atoms with Crippen LogP contribution in [0.5, 0.6) is 0 Å². The number of nitrogens with one attached hydrogen (secondary N) is 3. The van der Waals surface area contributed by atoms with Crippen molar-refractivity contribution in [2.75, 3.05) is 16.0 Å². The molecule has 4 aromatic carbocycles. The molecule has 2 amide bonds. The van der Waals surface area contributed by atoms with Crippen LogP contribution in [0.2, 0.25) is 0 Å². The van der Waals surface area contributed by atoms with Crippen molar-refractivity contribution in [1.82, 2.24) is 0 Å². The van der Waals surface area contributed by atoms with Crippen LogP contribution in [0.4, 0.5) is 22.7 Å². The van der Waals surface area contributed by atoms with Gasteiger partial charge in [0.25, 0.3) is 0 Å². The minimum atomic E-state index is -0.398. The number of hydrogen-bond acceptors (Lipinski definition) is 6. The van der Waals surface area contributed by atoms with Crippen LogP contribution in [0.25, 0.3) is 12.2 Å². The zero-order valence-electron chi connectivity index (χ0n) is 22.5. The van der Waals surface area contributed by atoms with Crippen LogP contribution in [-0.2, 0) is 19.2 Å². The van der Waals surface area contributed by atoms with Crippen molar-refractivity contribution in [2.45, 2.75) is 22.6 Å². The molecule has 42 heavy (non-hydrogen) atoms. The molecule has 0 saturated heterocycles. The fraction of sp³-hybridized carbons (Fsp3) is 0.0588. The molecule has 0 aliphatic carbocycles. The summed E-state index contributed by atoms with van der Waals surface area (Å²) in [5.74, 6) is -1.37. The van der Waals surface area contributed by atoms with Gasteiger partial charge in [0.05, 0.1) is 24.2 Å². The highest BCUT2D eigenvalue weighted by atomic mass is 32.2. The quantitative estimate of drug-likeness (QED) is 0.121. The van der Waals surface area contributed by atoms with Crippen LogP contribution < -0.4 is 16.0 Å². The maximum Gasteiger partial charge on any atom is 0.232 e. The zero-order valence-corrected chi connectivity index (χ0v) is 23.3. The molecular weight excluding hydrogens is 546 g/mol. The van der Waals surface area contributed by atoms with Crippen LogP contribution in [-0.4, -0.2) is 23.4 Å². The Kier molecular flexibility index (Phi) is 9.06. The van der Waals surface area contributed by atoms with Crippen LogP contribution in [0, 0.1) is 0 Å². The van der Waals surface area contributed by atoms with Crippen molar-refractivity contribution in [2.24, 2.45) is 0 Å². The molecule has 0 fully saturated rings. The first kappa shape index (κ1) is 28.3. The Balaban J connectivity index is 1.16. The highest BCUT2D eigenvalue weighted by molar-refractivity contribution is 7.99. The molecule has 1 aliphatic heterocycles. The Morgan fingerprint density at radius 1 is 0.595 bits per heavy atom. The lowest BCUT2D eigenvalue weighted by Crippen LogP contribution is -2.16. The van der Waals surface area contributed by atoms with Gasteiger partial charge in [-0.3, -0.25) is 19.2 Å². The van der Waals surface area contributed by atoms with Gasteiger partial charge in [-0.15, -0.1) is 0 Å². The molecule has 5 rings (SSSR count). The molecule has 0 spiro atoms. The van der Waals surface area contributed by atoms with E-state index < -0.39 is 11.8 Å². The van der Waals surface area contributed by atoms with E-state index in [1.807, 2.05) is 84.9 Å². The molecule has 0 atom stereocenters. The fourth-order valence-corrected chi connectivity index (χ4v) is 5.26. The maximum absolute atomic E-state index is 12.5. The Morgan fingerprint density at radius 3 is 1.45 bits per heavy atom. The van der Waals surface area contributed by atoms with Crippen LogP contribution in [0.15, 0.2) is 119 Å². The summed E-state index contributed by atoms with van der Waals surface area (Å²) in [6, 6.07) is 29.8. The zero-order chi connectivity index (χ0) is 29.3. The van der Waals surface area contributed by atoms with Crippen LogP contribution in [0.3, 0.4) is 0 Å². The number of allylic oxidation sites excluding steroid dienone is 2. The van der Waals surface area contributed by atoms with Gasteiger partial charge in [0, 0.05) is 21.2 Å². The lowest BCUT2D eigenvalue weighted by atomic mass is 10.1. The molecule has 4 aromatic rings. The Morgan fingerprint density at radius 2 is 1.02 bits per heavy atom. The highest BCUT2D eigenvalue weighted by Crippen LogP contribution is 2.46. The lowest BCUT2D eigenvalue weighted by Gasteiger charge is -2.22. The van der Waals surface area contributed by atoms with E-state index in [9.17, 15) is 19.2 Å². The van der Waals surface area contributed by atoms with E-state index in [2.05, 4.69) is 16.0 Å². The summed E-state index contributed by atoms with van der Waals surface area (Å²) in [6.07, 6.45) is 5.67. The van der Waals surface area contributed by atoms with E-state index in [-0.39, 0.29) is 24.4 Å². The van der Waals surface area contributed by atoms with Crippen molar-refractivity contribution in [3.8, 4) is 0 Å². The number of rotatable bonds is 10. The Labute approximate surface area is 247 Å². The van der Waals surface area contributed by atoms with E-state index >= 15 is 0 Å². The number of hydrogen-bond donors (Lipinski definition) is 3. The fourth-order valence-electron chi connectivity index (χ4n) is 4.19. The first-order chi connectivity index (χ1) is 20.4. The van der Waals surface area contributed by atoms with Gasteiger partial charge in [0.15, 0.2) is 11.6 Å². The van der Waals surface area contributed by atoms with E-state index in [1.54, 1.807) is 24.3 Å². The number of benzene rings is 4. The SMILES string of the molecule is O=C(/C=C/c1ccccc1)CC(=O)Nc1ccc2c(c1)Sc1cc(NC(=O)CC(=O)/C=C/c3ccccc3)ccc1N2. The third-order valence-corrected chi connectivity index (χ3v) is 7.33. The summed E-state index contributed by atoms with van der Waals surface area (Å²) in [7, 11) is 0. The largest absolute Gasteiger partial charge is 0.354 e. The normalized spacial score (nSPS) is 11.8. The number of carbonyl (C=O) groups is 4. The van der Waals surface area contributed by atoms with Crippen molar-refractivity contribution in [3.63, 3.8) is 0 Å². The predicted molar refractivity (Wildman–Crippen MR) is 168 cm³/mol. The highest BCUT2D eigenvalue weighted by Gasteiger charge is 2.18. The molecule has 7 nitrogen and oxygen atoms in total. The summed E-state index contributed by atoms with van der Waals surface area (Å²) in [5, 5.41) is 8.94. The lowest BCUT2D eigenvalue weighted by molar-refractivity contribution is -0.124. The topological polar surface area (TPSA) is 104 Å². The third kappa shape index (κ3) is 7.93. The van der Waals surface area contributed by atoms with Gasteiger partial charge < -0.3 is 16.0 Å². The molecule has 0 radical (unpaired) electrons. The molecule has 0 saturated carbocycles. The standard InChI is InChI=1S/C34H27N3O4S/c38-27(15-11-23-7-3-1-4-8-23)21-33(40)35-25-13-17-29-31(19-25)42-32-20-26(14-18-30(32)37-29)36-34(41)22-28(39)16-12-24-9-5-2-6-10-24/h1-20,37H,21-22H2,(H,35,40)(H,36,41)/b15-11+,16-12+. The maximum atomic E-state index is 12.5. The van der Waals surface area contributed by atoms with Gasteiger partial charge >= 0.3 is 0 Å². The molecule has 3 N–H and O–H groups in total. The number of ketones is 2. The van der Waals surface area contributed by atoms with Gasteiger partial charge in [0.2, 0.25) is 11.8 Å². The monoisotopic (exact) mass is 573 g/mol. The van der Waals surface area contributed by atoms with Gasteiger partial charge in [-0.2, -0.15) is 0 Å². The minimum absolute atomic E-state index is 0.262. The van der Waals surface area contributed by atoms with Crippen molar-refractivity contribution >= 4 is 70.0 Å². The summed E-state index contributed by atoms with van der Waals surface area (Å²) in [5.41, 5.74) is 4.67. The van der Waals surface area contributed by atoms with Gasteiger partial charge in [-0.05, 0) is 59.7 Å². The van der Waals surface area contributed by atoms with Gasteiger partial charge in [0.1, 0.15) is 0 Å². The second kappa shape index (κ2) is 13.4. The van der Waals surface area contributed by atoms with Gasteiger partial charge in [-0.25, -0.2) is 0 Å². The Hall–Kier alpha value is -5.21. The number of fused-ring (bicyclic) bond motifs is 2. The first-order valence-electron chi connectivity index (χ1n) is 13.3. The summed E-state index contributed by atoms with van der Waals surface area (Å²) in [4.78, 5) is 51.2. The summed E-state index contributed by atoms with van der Waals surface area (Å²) >= 11 is 1.48. The number of amides is 2. The van der Waals surface area contributed by atoms with Gasteiger partial charge in [-0.1, -0.05) is 84.6 Å². The average molecular weight is 574 g/mol. The van der Waals surface area contributed by atoms with E-state index in [1.165, 1.54) is 23.9 Å².